The van der Waals surface area contributed by atoms with Gasteiger partial charge in [0.15, 0.2) is 0 Å². The molecular weight excluding hydrogens is 233 g/mol. The standard InChI is InChI=1S/C13H20FN3O/c1-10(15)13(18)16-7-8-17(2)9-11-3-5-12(14)6-4-11/h3-6,10H,7-9,15H2,1-2H3,(H,16,18). The summed E-state index contributed by atoms with van der Waals surface area (Å²) in [5.74, 6) is -0.379. The first-order valence-electron chi connectivity index (χ1n) is 5.95. The summed E-state index contributed by atoms with van der Waals surface area (Å²) in [6.45, 7) is 3.64. The van der Waals surface area contributed by atoms with E-state index in [9.17, 15) is 9.18 Å². The Balaban J connectivity index is 2.27. The van der Waals surface area contributed by atoms with E-state index in [1.165, 1.54) is 12.1 Å². The van der Waals surface area contributed by atoms with Gasteiger partial charge in [-0.1, -0.05) is 12.1 Å². The molecule has 1 amide bonds. The zero-order valence-electron chi connectivity index (χ0n) is 10.8. The second-order valence-corrected chi connectivity index (χ2v) is 4.44. The van der Waals surface area contributed by atoms with Crippen LogP contribution in [0.5, 0.6) is 0 Å². The average Bonchev–Trinajstić information content (AvgIpc) is 2.32. The van der Waals surface area contributed by atoms with Gasteiger partial charge in [-0.05, 0) is 31.7 Å². The molecule has 1 rings (SSSR count). The minimum Gasteiger partial charge on any atom is -0.353 e. The second-order valence-electron chi connectivity index (χ2n) is 4.44. The molecule has 0 spiro atoms. The lowest BCUT2D eigenvalue weighted by Crippen LogP contribution is -2.41. The number of amides is 1. The van der Waals surface area contributed by atoms with Crippen LogP contribution in [-0.2, 0) is 11.3 Å². The van der Waals surface area contributed by atoms with Crippen molar-refractivity contribution in [3.63, 3.8) is 0 Å². The Morgan fingerprint density at radius 2 is 2.06 bits per heavy atom. The van der Waals surface area contributed by atoms with E-state index in [1.54, 1.807) is 19.1 Å². The van der Waals surface area contributed by atoms with Crippen LogP contribution in [0.15, 0.2) is 24.3 Å². The van der Waals surface area contributed by atoms with Crippen LogP contribution >= 0.6 is 0 Å². The summed E-state index contributed by atoms with van der Waals surface area (Å²) in [7, 11) is 1.95. The molecular formula is C13H20FN3O. The van der Waals surface area contributed by atoms with E-state index in [0.29, 0.717) is 13.1 Å². The monoisotopic (exact) mass is 253 g/mol. The van der Waals surface area contributed by atoms with Gasteiger partial charge in [-0.15, -0.1) is 0 Å². The predicted octanol–water partition coefficient (Wildman–Crippen LogP) is 0.721. The van der Waals surface area contributed by atoms with E-state index < -0.39 is 6.04 Å². The van der Waals surface area contributed by atoms with E-state index >= 15 is 0 Å². The van der Waals surface area contributed by atoms with Crippen LogP contribution in [-0.4, -0.2) is 37.0 Å². The fraction of sp³-hybridized carbons (Fsp3) is 0.462. The smallest absolute Gasteiger partial charge is 0.236 e. The fourth-order valence-electron chi connectivity index (χ4n) is 1.51. The minimum absolute atomic E-state index is 0.148. The van der Waals surface area contributed by atoms with Crippen molar-refractivity contribution in [1.29, 1.82) is 0 Å². The van der Waals surface area contributed by atoms with Gasteiger partial charge >= 0.3 is 0 Å². The number of halogens is 1. The molecule has 1 aromatic carbocycles. The van der Waals surface area contributed by atoms with Gasteiger partial charge in [-0.3, -0.25) is 4.79 Å². The summed E-state index contributed by atoms with van der Waals surface area (Å²) in [6, 6.07) is 5.92. The van der Waals surface area contributed by atoms with E-state index in [-0.39, 0.29) is 11.7 Å². The number of hydrogen-bond acceptors (Lipinski definition) is 3. The third-order valence-electron chi connectivity index (χ3n) is 2.57. The first-order chi connectivity index (χ1) is 8.49. The van der Waals surface area contributed by atoms with Gasteiger partial charge < -0.3 is 16.0 Å². The number of benzene rings is 1. The Morgan fingerprint density at radius 3 is 2.61 bits per heavy atom. The van der Waals surface area contributed by atoms with Gasteiger partial charge in [0.1, 0.15) is 5.82 Å². The van der Waals surface area contributed by atoms with Crippen molar-refractivity contribution >= 4 is 5.91 Å². The zero-order valence-corrected chi connectivity index (χ0v) is 10.8. The summed E-state index contributed by atoms with van der Waals surface area (Å²) in [5.41, 5.74) is 6.47. The third-order valence-corrected chi connectivity index (χ3v) is 2.57. The highest BCUT2D eigenvalue weighted by molar-refractivity contribution is 5.80. The maximum Gasteiger partial charge on any atom is 0.236 e. The largest absolute Gasteiger partial charge is 0.353 e. The minimum atomic E-state index is -0.479. The van der Waals surface area contributed by atoms with E-state index in [4.69, 9.17) is 5.73 Å². The molecule has 0 aromatic heterocycles. The Hall–Kier alpha value is -1.46. The maximum atomic E-state index is 12.7. The molecule has 0 radical (unpaired) electrons. The molecule has 0 aliphatic carbocycles. The zero-order chi connectivity index (χ0) is 13.5. The van der Waals surface area contributed by atoms with Gasteiger partial charge in [0.2, 0.25) is 5.91 Å². The van der Waals surface area contributed by atoms with E-state index in [1.807, 2.05) is 7.05 Å². The van der Waals surface area contributed by atoms with Crippen molar-refractivity contribution in [3.8, 4) is 0 Å². The van der Waals surface area contributed by atoms with Crippen molar-refractivity contribution in [2.24, 2.45) is 5.73 Å². The molecule has 100 valence electrons. The molecule has 5 heteroatoms. The van der Waals surface area contributed by atoms with Gasteiger partial charge in [0, 0.05) is 19.6 Å². The molecule has 0 bridgehead atoms. The normalized spacial score (nSPS) is 12.5. The SMILES string of the molecule is CC(N)C(=O)NCCN(C)Cc1ccc(F)cc1. The first-order valence-corrected chi connectivity index (χ1v) is 5.95. The lowest BCUT2D eigenvalue weighted by Gasteiger charge is -2.17. The number of nitrogens with one attached hydrogen (secondary N) is 1. The van der Waals surface area contributed by atoms with Crippen molar-refractivity contribution in [3.05, 3.63) is 35.6 Å². The number of likely N-dealkylation sites (N-methyl/N-ethyl adjacent to an activating group) is 1. The molecule has 0 heterocycles. The van der Waals surface area contributed by atoms with Crippen LogP contribution in [0.3, 0.4) is 0 Å². The van der Waals surface area contributed by atoms with Crippen molar-refractivity contribution in [2.45, 2.75) is 19.5 Å². The first kappa shape index (κ1) is 14.6. The Labute approximate surface area is 107 Å². The molecule has 0 aliphatic rings. The van der Waals surface area contributed by atoms with Gasteiger partial charge in [0.05, 0.1) is 6.04 Å². The van der Waals surface area contributed by atoms with Gasteiger partial charge in [-0.2, -0.15) is 0 Å². The van der Waals surface area contributed by atoms with Crippen molar-refractivity contribution in [1.82, 2.24) is 10.2 Å². The number of hydrogen-bond donors (Lipinski definition) is 2. The molecule has 0 aliphatic heterocycles. The highest BCUT2D eigenvalue weighted by atomic mass is 19.1. The summed E-state index contributed by atoms with van der Waals surface area (Å²) in [6.07, 6.45) is 0. The van der Waals surface area contributed by atoms with Crippen LogP contribution < -0.4 is 11.1 Å². The van der Waals surface area contributed by atoms with Gasteiger partial charge in [0.25, 0.3) is 0 Å². The highest BCUT2D eigenvalue weighted by Gasteiger charge is 2.06. The summed E-state index contributed by atoms with van der Waals surface area (Å²) >= 11 is 0. The van der Waals surface area contributed by atoms with Crippen molar-refractivity contribution in [2.75, 3.05) is 20.1 Å². The molecule has 3 N–H and O–H groups in total. The third kappa shape index (κ3) is 5.25. The Bertz CT molecular complexity index is 378. The van der Waals surface area contributed by atoms with E-state index in [0.717, 1.165) is 12.1 Å². The quantitative estimate of drug-likeness (QED) is 0.785. The second kappa shape index (κ2) is 7.08. The molecule has 18 heavy (non-hydrogen) atoms. The Morgan fingerprint density at radius 1 is 1.44 bits per heavy atom. The van der Waals surface area contributed by atoms with Crippen LogP contribution in [0.1, 0.15) is 12.5 Å². The Kier molecular flexibility index (Phi) is 5.74. The van der Waals surface area contributed by atoms with E-state index in [2.05, 4.69) is 10.2 Å². The average molecular weight is 253 g/mol. The fourth-order valence-corrected chi connectivity index (χ4v) is 1.51. The van der Waals surface area contributed by atoms with Gasteiger partial charge in [-0.25, -0.2) is 4.39 Å². The molecule has 0 saturated heterocycles. The summed E-state index contributed by atoms with van der Waals surface area (Å²) in [4.78, 5) is 13.3. The number of carbonyl (C=O) groups is 1. The van der Waals surface area contributed by atoms with Crippen LogP contribution in [0, 0.1) is 5.82 Å². The number of carbonyl (C=O) groups excluding carboxylic acids is 1. The molecule has 0 saturated carbocycles. The van der Waals surface area contributed by atoms with Crippen LogP contribution in [0.4, 0.5) is 4.39 Å². The molecule has 1 atom stereocenters. The lowest BCUT2D eigenvalue weighted by atomic mass is 10.2. The predicted molar refractivity (Wildman–Crippen MR) is 69.4 cm³/mol. The number of nitrogens with two attached hydrogens (primary N) is 1. The molecule has 1 aromatic rings. The summed E-state index contributed by atoms with van der Waals surface area (Å²) < 4.78 is 12.7. The molecule has 4 nitrogen and oxygen atoms in total. The van der Waals surface area contributed by atoms with Crippen LogP contribution in [0.2, 0.25) is 0 Å². The number of nitrogens with zero attached hydrogens (tertiary/aromatic N) is 1. The maximum absolute atomic E-state index is 12.7. The topological polar surface area (TPSA) is 58.4 Å². The molecule has 0 fully saturated rings. The lowest BCUT2D eigenvalue weighted by molar-refractivity contribution is -0.122. The number of rotatable bonds is 6. The van der Waals surface area contributed by atoms with Crippen molar-refractivity contribution < 1.29 is 9.18 Å². The van der Waals surface area contributed by atoms with Crippen LogP contribution in [0.25, 0.3) is 0 Å². The summed E-state index contributed by atoms with van der Waals surface area (Å²) in [5, 5.41) is 2.74. The highest BCUT2D eigenvalue weighted by Crippen LogP contribution is 2.04. The molecule has 1 unspecified atom stereocenters.